The first-order valence-electron chi connectivity index (χ1n) is 5.05. The highest BCUT2D eigenvalue weighted by atomic mass is 19.1. The van der Waals surface area contributed by atoms with Crippen molar-refractivity contribution in [1.29, 1.82) is 0 Å². The van der Waals surface area contributed by atoms with Crippen molar-refractivity contribution in [2.75, 3.05) is 0 Å². The van der Waals surface area contributed by atoms with Gasteiger partial charge in [0.05, 0.1) is 5.69 Å². The van der Waals surface area contributed by atoms with Crippen LogP contribution in [0.4, 0.5) is 4.39 Å². The maximum atomic E-state index is 13.3. The predicted octanol–water partition coefficient (Wildman–Crippen LogP) is 2.53. The summed E-state index contributed by atoms with van der Waals surface area (Å²) < 4.78 is 13.3. The van der Waals surface area contributed by atoms with Crippen LogP contribution >= 0.6 is 0 Å². The maximum Gasteiger partial charge on any atom is 0.353 e. The molecule has 0 spiro atoms. The molecular weight excluding hydrogens is 223 g/mol. The first-order chi connectivity index (χ1) is 7.99. The number of rotatable bonds is 2. The first-order valence-corrected chi connectivity index (χ1v) is 5.05. The second kappa shape index (κ2) is 4.01. The van der Waals surface area contributed by atoms with Crippen LogP contribution in [-0.2, 0) is 0 Å². The molecule has 0 saturated carbocycles. The van der Waals surface area contributed by atoms with Crippen LogP contribution in [0, 0.1) is 19.7 Å². The molecule has 0 radical (unpaired) electrons. The molecule has 0 bridgehead atoms. The van der Waals surface area contributed by atoms with Crippen LogP contribution in [0.3, 0.4) is 0 Å². The molecule has 0 amide bonds. The lowest BCUT2D eigenvalue weighted by molar-refractivity contribution is 0.0690. The van der Waals surface area contributed by atoms with E-state index in [9.17, 15) is 9.18 Å². The SMILES string of the molecule is Cc1cc(-c2cc(C(=O)O)[nH]n2)c(C)cc1F. The second-order valence-electron chi connectivity index (χ2n) is 3.89. The maximum absolute atomic E-state index is 13.3. The van der Waals surface area contributed by atoms with Crippen LogP contribution in [0.25, 0.3) is 11.3 Å². The van der Waals surface area contributed by atoms with Gasteiger partial charge in [0.2, 0.25) is 0 Å². The Labute approximate surface area is 97.1 Å². The number of carboxylic acid groups (broad SMARTS) is 1. The number of hydrogen-bond acceptors (Lipinski definition) is 2. The van der Waals surface area contributed by atoms with Gasteiger partial charge in [-0.25, -0.2) is 9.18 Å². The molecule has 0 aliphatic heterocycles. The fraction of sp³-hybridized carbons (Fsp3) is 0.167. The fourth-order valence-corrected chi connectivity index (χ4v) is 1.63. The molecule has 0 aliphatic rings. The molecule has 0 aliphatic carbocycles. The molecule has 17 heavy (non-hydrogen) atoms. The quantitative estimate of drug-likeness (QED) is 0.839. The lowest BCUT2D eigenvalue weighted by Gasteiger charge is -2.04. The van der Waals surface area contributed by atoms with Gasteiger partial charge in [0.15, 0.2) is 0 Å². The van der Waals surface area contributed by atoms with Crippen LogP contribution in [0.1, 0.15) is 21.6 Å². The Morgan fingerprint density at radius 2 is 2.00 bits per heavy atom. The van der Waals surface area contributed by atoms with E-state index in [2.05, 4.69) is 10.2 Å². The fourth-order valence-electron chi connectivity index (χ4n) is 1.63. The third-order valence-corrected chi connectivity index (χ3v) is 2.59. The molecular formula is C12H11FN2O2. The Kier molecular flexibility index (Phi) is 2.67. The minimum atomic E-state index is -1.07. The first kappa shape index (κ1) is 11.3. The summed E-state index contributed by atoms with van der Waals surface area (Å²) in [5.41, 5.74) is 2.47. The van der Waals surface area contributed by atoms with Gasteiger partial charge < -0.3 is 5.11 Å². The van der Waals surface area contributed by atoms with Crippen LogP contribution in [0.15, 0.2) is 18.2 Å². The van der Waals surface area contributed by atoms with Gasteiger partial charge in [-0.1, -0.05) is 0 Å². The van der Waals surface area contributed by atoms with Gasteiger partial charge in [0.1, 0.15) is 11.5 Å². The predicted molar refractivity (Wildman–Crippen MR) is 60.4 cm³/mol. The minimum absolute atomic E-state index is 0.0152. The number of benzene rings is 1. The topological polar surface area (TPSA) is 66.0 Å². The number of hydrogen-bond donors (Lipinski definition) is 2. The normalized spacial score (nSPS) is 10.5. The number of carboxylic acids is 1. The second-order valence-corrected chi connectivity index (χ2v) is 3.89. The molecule has 5 heteroatoms. The van der Waals surface area contributed by atoms with Gasteiger partial charge >= 0.3 is 5.97 Å². The van der Waals surface area contributed by atoms with Crippen molar-refractivity contribution < 1.29 is 14.3 Å². The van der Waals surface area contributed by atoms with Crippen molar-refractivity contribution in [3.63, 3.8) is 0 Å². The summed E-state index contributed by atoms with van der Waals surface area (Å²) >= 11 is 0. The summed E-state index contributed by atoms with van der Waals surface area (Å²) in [6, 6.07) is 4.51. The lowest BCUT2D eigenvalue weighted by atomic mass is 10.0. The Balaban J connectivity index is 2.52. The number of H-pyrrole nitrogens is 1. The van der Waals surface area contributed by atoms with Crippen LogP contribution in [0.2, 0.25) is 0 Å². The number of aromatic amines is 1. The minimum Gasteiger partial charge on any atom is -0.477 e. The van der Waals surface area contributed by atoms with E-state index in [1.807, 2.05) is 0 Å². The van der Waals surface area contributed by atoms with Gasteiger partial charge in [-0.05, 0) is 43.2 Å². The Hall–Kier alpha value is -2.17. The highest BCUT2D eigenvalue weighted by Gasteiger charge is 2.12. The van der Waals surface area contributed by atoms with E-state index in [1.165, 1.54) is 12.1 Å². The zero-order valence-electron chi connectivity index (χ0n) is 9.41. The van der Waals surface area contributed by atoms with Crippen LogP contribution < -0.4 is 0 Å². The molecule has 2 N–H and O–H groups in total. The number of aromatic nitrogens is 2. The Bertz CT molecular complexity index is 590. The monoisotopic (exact) mass is 234 g/mol. The van der Waals surface area contributed by atoms with E-state index < -0.39 is 5.97 Å². The van der Waals surface area contributed by atoms with E-state index in [0.717, 1.165) is 11.1 Å². The summed E-state index contributed by atoms with van der Waals surface area (Å²) in [6.45, 7) is 3.41. The number of halogens is 1. The van der Waals surface area contributed by atoms with Gasteiger partial charge in [-0.3, -0.25) is 5.10 Å². The molecule has 1 heterocycles. The third kappa shape index (κ3) is 2.04. The molecule has 1 aromatic heterocycles. The zero-order chi connectivity index (χ0) is 12.6. The highest BCUT2D eigenvalue weighted by molar-refractivity contribution is 5.87. The van der Waals surface area contributed by atoms with Crippen molar-refractivity contribution in [2.24, 2.45) is 0 Å². The summed E-state index contributed by atoms with van der Waals surface area (Å²) in [5.74, 6) is -1.35. The average Bonchev–Trinajstić information content (AvgIpc) is 2.72. The summed E-state index contributed by atoms with van der Waals surface area (Å²) in [5, 5.41) is 15.1. The Morgan fingerprint density at radius 1 is 1.29 bits per heavy atom. The van der Waals surface area contributed by atoms with Gasteiger partial charge in [-0.15, -0.1) is 0 Å². The van der Waals surface area contributed by atoms with Gasteiger partial charge in [-0.2, -0.15) is 5.10 Å². The molecule has 2 rings (SSSR count). The van der Waals surface area contributed by atoms with Crippen molar-refractivity contribution in [3.8, 4) is 11.3 Å². The van der Waals surface area contributed by atoms with Crippen LogP contribution in [0.5, 0.6) is 0 Å². The molecule has 4 nitrogen and oxygen atoms in total. The van der Waals surface area contributed by atoms with E-state index in [-0.39, 0.29) is 11.5 Å². The molecule has 0 unspecified atom stereocenters. The van der Waals surface area contributed by atoms with Crippen molar-refractivity contribution >= 4 is 5.97 Å². The number of aryl methyl sites for hydroxylation is 2. The van der Waals surface area contributed by atoms with E-state index in [1.54, 1.807) is 19.9 Å². The lowest BCUT2D eigenvalue weighted by Crippen LogP contribution is -1.95. The summed E-state index contributed by atoms with van der Waals surface area (Å²) in [4.78, 5) is 10.7. The number of carbonyl (C=O) groups is 1. The largest absolute Gasteiger partial charge is 0.477 e. The van der Waals surface area contributed by atoms with E-state index in [0.29, 0.717) is 11.3 Å². The third-order valence-electron chi connectivity index (χ3n) is 2.59. The number of nitrogens with zero attached hydrogens (tertiary/aromatic N) is 1. The standard InChI is InChI=1S/C12H11FN2O2/c1-6-4-9(13)7(2)3-8(6)10-5-11(12(16)17)15-14-10/h3-5H,1-2H3,(H,14,15)(H,16,17). The summed E-state index contributed by atoms with van der Waals surface area (Å²) in [7, 11) is 0. The van der Waals surface area contributed by atoms with E-state index in [4.69, 9.17) is 5.11 Å². The average molecular weight is 234 g/mol. The molecule has 1 aromatic carbocycles. The van der Waals surface area contributed by atoms with Gasteiger partial charge in [0, 0.05) is 5.56 Å². The number of aromatic carboxylic acids is 1. The Morgan fingerprint density at radius 3 is 2.59 bits per heavy atom. The molecule has 0 atom stereocenters. The van der Waals surface area contributed by atoms with E-state index >= 15 is 0 Å². The smallest absolute Gasteiger partial charge is 0.353 e. The molecule has 2 aromatic rings. The summed E-state index contributed by atoms with van der Waals surface area (Å²) in [6.07, 6.45) is 0. The molecule has 0 saturated heterocycles. The van der Waals surface area contributed by atoms with Crippen molar-refractivity contribution in [3.05, 3.63) is 40.8 Å². The highest BCUT2D eigenvalue weighted by Crippen LogP contribution is 2.24. The van der Waals surface area contributed by atoms with Crippen molar-refractivity contribution in [1.82, 2.24) is 10.2 Å². The van der Waals surface area contributed by atoms with Crippen LogP contribution in [-0.4, -0.2) is 21.3 Å². The van der Waals surface area contributed by atoms with Crippen molar-refractivity contribution in [2.45, 2.75) is 13.8 Å². The number of nitrogens with one attached hydrogen (secondary N) is 1. The zero-order valence-corrected chi connectivity index (χ0v) is 9.41. The van der Waals surface area contributed by atoms with Gasteiger partial charge in [0.25, 0.3) is 0 Å². The molecule has 88 valence electrons. The molecule has 0 fully saturated rings.